The van der Waals surface area contributed by atoms with E-state index in [4.69, 9.17) is 5.11 Å². The number of alkyl halides is 3. The summed E-state index contributed by atoms with van der Waals surface area (Å²) in [7, 11) is 11.2. The lowest BCUT2D eigenvalue weighted by Gasteiger charge is -1.98. The second kappa shape index (κ2) is 72.4. The molecule has 0 unspecified atom stereocenters. The summed E-state index contributed by atoms with van der Waals surface area (Å²) in [4.78, 5) is 20.7. The van der Waals surface area contributed by atoms with Gasteiger partial charge < -0.3 is 19.7 Å². The molecular formula is C33H65I3N4O2. The molecule has 0 saturated heterocycles. The van der Waals surface area contributed by atoms with Gasteiger partial charge in [-0.1, -0.05) is 175 Å². The van der Waals surface area contributed by atoms with Crippen molar-refractivity contribution in [1.29, 1.82) is 0 Å². The highest BCUT2D eigenvalue weighted by Gasteiger charge is 1.69. The molecule has 42 heavy (non-hydrogen) atoms. The van der Waals surface area contributed by atoms with Crippen LogP contribution in [-0.4, -0.2) is 88.6 Å². The van der Waals surface area contributed by atoms with Crippen molar-refractivity contribution < 1.29 is 9.90 Å². The molecule has 0 heterocycles. The zero-order chi connectivity index (χ0) is 35.0. The number of Topliss-reactive ketones (excluding diaryl/α,β-unsaturated/α-hetero) is 1. The second-order valence-corrected chi connectivity index (χ2v) is 13.3. The molecule has 0 atom stereocenters. The van der Waals surface area contributed by atoms with Gasteiger partial charge in [0, 0.05) is 48.4 Å². The Hall–Kier alpha value is -0.800. The number of rotatable bonds is 2. The van der Waals surface area contributed by atoms with Crippen LogP contribution in [0.3, 0.4) is 0 Å². The average Bonchev–Trinajstić information content (AvgIpc) is 2.94. The van der Waals surface area contributed by atoms with Gasteiger partial charge in [-0.25, -0.2) is 0 Å². The fraction of sp³-hybridized carbons (Fsp3) is 0.545. The SMILES string of the molecule is CC.CC.CC(C)=O.CC(C)O.CCI.CN=CN(C)C.CN=CN(C)C.ICI.c1ccccc1.c1ccccc1. The molecule has 250 valence electrons. The Labute approximate surface area is 303 Å². The Morgan fingerprint density at radius 1 is 0.667 bits per heavy atom. The highest BCUT2D eigenvalue weighted by molar-refractivity contribution is 14.2. The van der Waals surface area contributed by atoms with Crippen LogP contribution in [0.25, 0.3) is 0 Å². The van der Waals surface area contributed by atoms with Crippen LogP contribution in [-0.2, 0) is 4.79 Å². The molecule has 0 radical (unpaired) electrons. The fourth-order valence-corrected chi connectivity index (χ4v) is 1.23. The molecule has 0 amide bonds. The van der Waals surface area contributed by atoms with Crippen molar-refractivity contribution in [3.05, 3.63) is 72.8 Å². The van der Waals surface area contributed by atoms with Gasteiger partial charge in [-0.3, -0.25) is 9.98 Å². The van der Waals surface area contributed by atoms with E-state index in [-0.39, 0.29) is 11.9 Å². The maximum atomic E-state index is 9.44. The summed E-state index contributed by atoms with van der Waals surface area (Å²) in [5, 5.41) is 8.06. The number of ketones is 1. The fourth-order valence-electron chi connectivity index (χ4n) is 1.23. The summed E-state index contributed by atoms with van der Waals surface area (Å²) in [6.07, 6.45) is 3.33. The van der Waals surface area contributed by atoms with Crippen molar-refractivity contribution in [3.8, 4) is 0 Å². The molecule has 0 aliphatic heterocycles. The van der Waals surface area contributed by atoms with Gasteiger partial charge in [0.2, 0.25) is 0 Å². The molecular weight excluding hydrogens is 865 g/mol. The van der Waals surface area contributed by atoms with E-state index < -0.39 is 0 Å². The maximum absolute atomic E-state index is 9.44. The third kappa shape index (κ3) is 193. The van der Waals surface area contributed by atoms with E-state index in [1.807, 2.05) is 138 Å². The molecule has 0 aromatic heterocycles. The summed E-state index contributed by atoms with van der Waals surface area (Å²) in [5.74, 6) is 0.167. The van der Waals surface area contributed by atoms with Gasteiger partial charge in [0.25, 0.3) is 0 Å². The first-order chi connectivity index (χ1) is 19.8. The van der Waals surface area contributed by atoms with Gasteiger partial charge in [0.15, 0.2) is 0 Å². The van der Waals surface area contributed by atoms with Crippen LogP contribution in [0.4, 0.5) is 0 Å². The molecule has 6 nitrogen and oxygen atoms in total. The zero-order valence-corrected chi connectivity index (χ0v) is 35.8. The Bertz CT molecular complexity index is 551. The van der Waals surface area contributed by atoms with Crippen LogP contribution in [0, 0.1) is 0 Å². The van der Waals surface area contributed by atoms with Gasteiger partial charge in [-0.2, -0.15) is 0 Å². The Morgan fingerprint density at radius 3 is 0.786 bits per heavy atom. The number of halogens is 3. The predicted octanol–water partition coefficient (Wildman–Crippen LogP) is 10.1. The first kappa shape index (κ1) is 60.4. The van der Waals surface area contributed by atoms with Crippen molar-refractivity contribution in [2.24, 2.45) is 9.98 Å². The molecule has 2 rings (SSSR count). The minimum Gasteiger partial charge on any atom is -0.394 e. The number of benzene rings is 2. The number of aliphatic hydroxyl groups is 1. The summed E-state index contributed by atoms with van der Waals surface area (Å²) >= 11 is 6.84. The summed E-state index contributed by atoms with van der Waals surface area (Å²) < 4.78 is 2.41. The van der Waals surface area contributed by atoms with Crippen molar-refractivity contribution in [2.75, 3.05) is 49.1 Å². The number of hydrogen-bond donors (Lipinski definition) is 1. The van der Waals surface area contributed by atoms with E-state index >= 15 is 0 Å². The first-order valence-electron chi connectivity index (χ1n) is 13.8. The largest absolute Gasteiger partial charge is 0.394 e. The third-order valence-electron chi connectivity index (χ3n) is 2.03. The molecule has 9 heteroatoms. The summed E-state index contributed by atoms with van der Waals surface area (Å²) in [6.45, 7) is 16.6. The number of carbonyl (C=O) groups excluding carboxylic acids is 1. The normalized spacial score (nSPS) is 7.71. The van der Waals surface area contributed by atoms with Gasteiger partial charge >= 0.3 is 0 Å². The number of nitrogens with zero attached hydrogens (tertiary/aromatic N) is 4. The van der Waals surface area contributed by atoms with Crippen molar-refractivity contribution in [3.63, 3.8) is 0 Å². The average molecular weight is 931 g/mol. The van der Waals surface area contributed by atoms with Crippen LogP contribution >= 0.6 is 67.8 Å². The van der Waals surface area contributed by atoms with E-state index in [1.54, 1.807) is 40.6 Å². The molecule has 2 aromatic rings. The van der Waals surface area contributed by atoms with E-state index in [0.29, 0.717) is 0 Å². The van der Waals surface area contributed by atoms with E-state index in [2.05, 4.69) is 84.7 Å². The van der Waals surface area contributed by atoms with Gasteiger partial charge in [-0.05, 0) is 32.1 Å². The first-order valence-corrected chi connectivity index (χ1v) is 18.4. The maximum Gasteiger partial charge on any atom is 0.126 e. The van der Waals surface area contributed by atoms with E-state index in [0.717, 1.165) is 0 Å². The van der Waals surface area contributed by atoms with Crippen molar-refractivity contribution in [2.45, 2.75) is 68.4 Å². The van der Waals surface area contributed by atoms with Gasteiger partial charge in [0.1, 0.15) is 5.78 Å². The number of carbonyl (C=O) groups is 1. The molecule has 1 N–H and O–H groups in total. The summed E-state index contributed by atoms with van der Waals surface area (Å²) in [5.41, 5.74) is 0. The van der Waals surface area contributed by atoms with Crippen molar-refractivity contribution >= 4 is 86.2 Å². The number of aliphatic imine (C=N–C) groups is 2. The molecule has 0 fully saturated rings. The Kier molecular flexibility index (Phi) is 104. The lowest BCUT2D eigenvalue weighted by Crippen LogP contribution is -2.06. The minimum absolute atomic E-state index is 0.167. The highest BCUT2D eigenvalue weighted by atomic mass is 127. The number of aliphatic hydroxyl groups excluding tert-OH is 1. The molecule has 0 saturated carbocycles. The van der Waals surface area contributed by atoms with Crippen LogP contribution in [0.1, 0.15) is 62.3 Å². The molecule has 0 bridgehead atoms. The van der Waals surface area contributed by atoms with E-state index in [9.17, 15) is 4.79 Å². The zero-order valence-electron chi connectivity index (χ0n) is 29.4. The minimum atomic E-state index is -0.167. The Morgan fingerprint density at radius 2 is 0.762 bits per heavy atom. The van der Waals surface area contributed by atoms with Crippen LogP contribution in [0.5, 0.6) is 0 Å². The van der Waals surface area contributed by atoms with Crippen LogP contribution in [0.2, 0.25) is 0 Å². The summed E-state index contributed by atoms with van der Waals surface area (Å²) in [6, 6.07) is 24.0. The number of hydrogen-bond acceptors (Lipinski definition) is 4. The highest BCUT2D eigenvalue weighted by Crippen LogP contribution is 1.86. The van der Waals surface area contributed by atoms with Gasteiger partial charge in [0.05, 0.1) is 15.1 Å². The molecule has 2 aromatic carbocycles. The van der Waals surface area contributed by atoms with Crippen molar-refractivity contribution in [1.82, 2.24) is 9.80 Å². The topological polar surface area (TPSA) is 68.5 Å². The molecule has 0 aliphatic rings. The van der Waals surface area contributed by atoms with E-state index in [1.165, 1.54) is 20.7 Å². The molecule has 0 spiro atoms. The lowest BCUT2D eigenvalue weighted by atomic mass is 10.4. The van der Waals surface area contributed by atoms with Gasteiger partial charge in [-0.15, -0.1) is 0 Å². The monoisotopic (exact) mass is 930 g/mol. The smallest absolute Gasteiger partial charge is 0.126 e. The standard InChI is InChI=1S/2C6H6.2C4H10N2.C3H8O.C3H6O.C2H5I.2C2H6.CH2I2/c2*1-2-4-6-5-3-1;2*1-5-4-6(2)3;2*1-3(2)4;1-2-3;2*1-2;2-1-3/h2*1-6H;2*4H,1-3H3;3-4H,1-2H3;1-2H3;2H2,1H3;2*1-2H3;1H2. The van der Waals surface area contributed by atoms with Crippen LogP contribution < -0.4 is 0 Å². The third-order valence-corrected chi connectivity index (χ3v) is 2.03. The molecule has 0 aliphatic carbocycles. The Balaban J connectivity index is -0.0000000522. The predicted molar refractivity (Wildman–Crippen MR) is 223 cm³/mol. The van der Waals surface area contributed by atoms with Crippen LogP contribution in [0.15, 0.2) is 82.8 Å². The second-order valence-electron chi connectivity index (χ2n) is 7.35. The quantitative estimate of drug-likeness (QED) is 0.141. The lowest BCUT2D eigenvalue weighted by molar-refractivity contribution is -0.115.